The summed E-state index contributed by atoms with van der Waals surface area (Å²) in [6, 6.07) is 0. The fourth-order valence-corrected chi connectivity index (χ4v) is 8.17. The summed E-state index contributed by atoms with van der Waals surface area (Å²) >= 11 is 0. The van der Waals surface area contributed by atoms with Crippen LogP contribution in [0.25, 0.3) is 0 Å². The number of hydrogen-bond donors (Lipinski definition) is 0. The average Bonchev–Trinajstić information content (AvgIpc) is 3.47. The van der Waals surface area contributed by atoms with E-state index in [1.54, 1.807) is 0 Å². The smallest absolute Gasteiger partial charge is 0.306 e. The van der Waals surface area contributed by atoms with Crippen LogP contribution in [0.2, 0.25) is 0 Å². The second-order valence-electron chi connectivity index (χ2n) is 20.5. The van der Waals surface area contributed by atoms with Crippen molar-refractivity contribution in [2.75, 3.05) is 13.2 Å². The molecule has 0 amide bonds. The predicted molar refractivity (Wildman–Crippen MR) is 352 cm³/mol. The van der Waals surface area contributed by atoms with Gasteiger partial charge in [0, 0.05) is 19.3 Å². The first kappa shape index (κ1) is 75.5. The van der Waals surface area contributed by atoms with Gasteiger partial charge in [-0.2, -0.15) is 0 Å². The van der Waals surface area contributed by atoms with Gasteiger partial charge in [0.2, 0.25) is 0 Å². The van der Waals surface area contributed by atoms with Crippen molar-refractivity contribution >= 4 is 17.9 Å². The first-order valence-corrected chi connectivity index (χ1v) is 32.3. The normalized spacial score (nSPS) is 13.4. The molecule has 1 unspecified atom stereocenters. The minimum Gasteiger partial charge on any atom is -0.462 e. The lowest BCUT2D eigenvalue weighted by atomic mass is 10.1. The molecule has 0 saturated carbocycles. The fourth-order valence-electron chi connectivity index (χ4n) is 8.17. The predicted octanol–water partition coefficient (Wildman–Crippen LogP) is 22.4. The van der Waals surface area contributed by atoms with Crippen molar-refractivity contribution in [2.24, 2.45) is 0 Å². The van der Waals surface area contributed by atoms with Crippen molar-refractivity contribution in [3.8, 4) is 0 Å². The van der Waals surface area contributed by atoms with E-state index in [9.17, 15) is 14.4 Å². The molecule has 0 aliphatic carbocycles. The van der Waals surface area contributed by atoms with Crippen molar-refractivity contribution in [2.45, 2.75) is 258 Å². The molecule has 0 fully saturated rings. The van der Waals surface area contributed by atoms with Crippen LogP contribution in [-0.2, 0) is 28.6 Å². The van der Waals surface area contributed by atoms with Crippen LogP contribution in [0, 0.1) is 0 Å². The van der Waals surface area contributed by atoms with Crippen molar-refractivity contribution < 1.29 is 28.6 Å². The molecule has 0 spiro atoms. The summed E-state index contributed by atoms with van der Waals surface area (Å²) in [7, 11) is 0. The van der Waals surface area contributed by atoms with Gasteiger partial charge in [0.1, 0.15) is 13.2 Å². The average molecular weight is 1110 g/mol. The van der Waals surface area contributed by atoms with Gasteiger partial charge in [-0.3, -0.25) is 14.4 Å². The van der Waals surface area contributed by atoms with Gasteiger partial charge >= 0.3 is 17.9 Å². The van der Waals surface area contributed by atoms with E-state index < -0.39 is 6.10 Å². The van der Waals surface area contributed by atoms with Crippen LogP contribution in [0.3, 0.4) is 0 Å². The van der Waals surface area contributed by atoms with E-state index in [0.29, 0.717) is 19.3 Å². The lowest BCUT2D eigenvalue weighted by Crippen LogP contribution is -2.30. The Morgan fingerprint density at radius 2 is 0.444 bits per heavy atom. The third kappa shape index (κ3) is 65.2. The second-order valence-corrected chi connectivity index (χ2v) is 20.5. The van der Waals surface area contributed by atoms with E-state index in [1.165, 1.54) is 38.5 Å². The van der Waals surface area contributed by atoms with Gasteiger partial charge in [0.05, 0.1) is 0 Å². The van der Waals surface area contributed by atoms with Gasteiger partial charge in [0.25, 0.3) is 0 Å². The Hall–Kier alpha value is -5.49. The molecule has 452 valence electrons. The molecule has 0 aromatic heterocycles. The highest BCUT2D eigenvalue weighted by Crippen LogP contribution is 2.14. The van der Waals surface area contributed by atoms with E-state index in [1.807, 2.05) is 0 Å². The van der Waals surface area contributed by atoms with Crippen LogP contribution in [-0.4, -0.2) is 37.2 Å². The molecule has 0 aliphatic heterocycles. The highest BCUT2D eigenvalue weighted by molar-refractivity contribution is 5.71. The highest BCUT2D eigenvalue weighted by atomic mass is 16.6. The number of unbranched alkanes of at least 4 members (excludes halogenated alkanes) is 15. The number of ether oxygens (including phenoxy) is 3. The summed E-state index contributed by atoms with van der Waals surface area (Å²) in [6.07, 6.45) is 100. The monoisotopic (exact) mass is 1110 g/mol. The van der Waals surface area contributed by atoms with Gasteiger partial charge in [-0.15, -0.1) is 0 Å². The van der Waals surface area contributed by atoms with Crippen LogP contribution in [0.1, 0.15) is 252 Å². The van der Waals surface area contributed by atoms with Crippen LogP contribution in [0.5, 0.6) is 0 Å². The minimum atomic E-state index is -0.825. The third-order valence-corrected chi connectivity index (χ3v) is 12.9. The van der Waals surface area contributed by atoms with Gasteiger partial charge in [-0.25, -0.2) is 0 Å². The van der Waals surface area contributed by atoms with Crippen LogP contribution < -0.4 is 0 Å². The molecule has 0 bridgehead atoms. The standard InChI is InChI=1S/C75H116O6/c1-4-7-10-13-16-19-22-25-28-31-33-35-36-37-38-40-41-44-47-50-53-56-59-62-65-68-74(77)80-71-72(70-79-73(76)67-64-61-58-55-52-49-46-43-30-27-24-21-18-15-12-9-6-3)81-75(78)69-66-63-60-57-54-51-48-45-42-39-34-32-29-26-23-20-17-14-11-8-5-2/h7-12,16-21,25-30,33-35,37-39,41,44-45,48,54,57,72H,4-6,13-15,22-24,31-32,36,40,42-43,46-47,49-53,55-56,58-71H2,1-3H3/b10-7-,11-8-,12-9-,19-16-,20-17-,21-18-,28-25-,29-26-,30-27-,35-33-,38-37-,39-34-,44-41-,48-45-,57-54-. The zero-order chi connectivity index (χ0) is 58.5. The number of carbonyl (C=O) groups is 3. The lowest BCUT2D eigenvalue weighted by molar-refractivity contribution is -0.167. The first-order valence-electron chi connectivity index (χ1n) is 32.3. The zero-order valence-electron chi connectivity index (χ0n) is 51.7. The lowest BCUT2D eigenvalue weighted by Gasteiger charge is -2.18. The Kier molecular flexibility index (Phi) is 62.5. The number of esters is 3. The zero-order valence-corrected chi connectivity index (χ0v) is 51.7. The number of hydrogen-bond acceptors (Lipinski definition) is 6. The maximum absolute atomic E-state index is 12.9. The Balaban J connectivity index is 4.54. The van der Waals surface area contributed by atoms with Crippen LogP contribution in [0.4, 0.5) is 0 Å². The van der Waals surface area contributed by atoms with Gasteiger partial charge in [-0.05, 0) is 154 Å². The molecule has 0 aliphatic rings. The minimum absolute atomic E-state index is 0.115. The topological polar surface area (TPSA) is 78.9 Å². The summed E-state index contributed by atoms with van der Waals surface area (Å²) in [6.45, 7) is 6.24. The summed E-state index contributed by atoms with van der Waals surface area (Å²) in [5, 5.41) is 0. The van der Waals surface area contributed by atoms with Gasteiger partial charge < -0.3 is 14.2 Å². The fraction of sp³-hybridized carbons (Fsp3) is 0.560. The molecule has 0 N–H and O–H groups in total. The Bertz CT molecular complexity index is 1900. The molecule has 0 heterocycles. The maximum atomic E-state index is 12.9. The number of allylic oxidation sites excluding steroid dienone is 30. The van der Waals surface area contributed by atoms with Crippen LogP contribution >= 0.6 is 0 Å². The van der Waals surface area contributed by atoms with E-state index in [4.69, 9.17) is 14.2 Å². The summed E-state index contributed by atoms with van der Waals surface area (Å²) in [5.74, 6) is -0.989. The van der Waals surface area contributed by atoms with E-state index >= 15 is 0 Å². The van der Waals surface area contributed by atoms with Crippen molar-refractivity contribution in [1.82, 2.24) is 0 Å². The highest BCUT2D eigenvalue weighted by Gasteiger charge is 2.19. The van der Waals surface area contributed by atoms with Crippen molar-refractivity contribution in [1.29, 1.82) is 0 Å². The molecule has 1 atom stereocenters. The Morgan fingerprint density at radius 1 is 0.247 bits per heavy atom. The summed E-state index contributed by atoms with van der Waals surface area (Å²) < 4.78 is 16.9. The van der Waals surface area contributed by atoms with Crippen molar-refractivity contribution in [3.05, 3.63) is 182 Å². The van der Waals surface area contributed by atoms with Gasteiger partial charge in [-0.1, -0.05) is 261 Å². The molecule has 6 nitrogen and oxygen atoms in total. The molecule has 6 heteroatoms. The molecule has 0 radical (unpaired) electrons. The summed E-state index contributed by atoms with van der Waals surface area (Å²) in [4.78, 5) is 38.4. The SMILES string of the molecule is CC/C=C\C/C=C\C/C=C\C/C=C\C/C=C\C/C=C\CCCCCCCCC(=O)OCC(COC(=O)CCCCCCCCC/C=C\C/C=C\C/C=C\CC)OC(=O)CCCC/C=C\C/C=C\C/C=C\C/C=C\C/C=C\C/C=C\CC. The molecule has 0 aromatic carbocycles. The molecule has 0 saturated heterocycles. The first-order chi connectivity index (χ1) is 40.0. The van der Waals surface area contributed by atoms with E-state index in [0.717, 1.165) is 167 Å². The van der Waals surface area contributed by atoms with E-state index in [-0.39, 0.29) is 37.5 Å². The molecular formula is C75H116O6. The second kappa shape index (κ2) is 67.0. The van der Waals surface area contributed by atoms with Crippen LogP contribution in [0.15, 0.2) is 182 Å². The Labute approximate surface area is 497 Å². The number of rotatable bonds is 56. The van der Waals surface area contributed by atoms with E-state index in [2.05, 4.69) is 203 Å². The quantitative estimate of drug-likeness (QED) is 0.0261. The third-order valence-electron chi connectivity index (χ3n) is 12.9. The molecule has 0 aromatic rings. The molecule has 0 rings (SSSR count). The summed E-state index contributed by atoms with van der Waals surface area (Å²) in [5.41, 5.74) is 0. The Morgan fingerprint density at radius 3 is 0.716 bits per heavy atom. The van der Waals surface area contributed by atoms with Crippen molar-refractivity contribution in [3.63, 3.8) is 0 Å². The number of carbonyl (C=O) groups excluding carboxylic acids is 3. The largest absolute Gasteiger partial charge is 0.462 e. The molecular weight excluding hydrogens is 997 g/mol. The molecule has 81 heavy (non-hydrogen) atoms. The maximum Gasteiger partial charge on any atom is 0.306 e. The van der Waals surface area contributed by atoms with Gasteiger partial charge in [0.15, 0.2) is 6.10 Å².